The quantitative estimate of drug-likeness (QED) is 0.593. The smallest absolute Gasteiger partial charge is 0.123 e. The molecule has 0 aromatic heterocycles. The van der Waals surface area contributed by atoms with Gasteiger partial charge in [0.05, 0.1) is 6.10 Å². The van der Waals surface area contributed by atoms with Gasteiger partial charge in [0.15, 0.2) is 0 Å². The fraction of sp³-hybridized carbons (Fsp3) is 0.833. The normalized spacial score (nSPS) is 16.3. The zero-order valence-corrected chi connectivity index (χ0v) is 9.55. The molecule has 0 spiro atoms. The molecule has 13 heavy (non-hydrogen) atoms. The Morgan fingerprint density at radius 3 is 2.23 bits per heavy atom. The van der Waals surface area contributed by atoms with Gasteiger partial charge in [-0.15, -0.1) is 6.42 Å². The molecule has 0 amide bonds. The van der Waals surface area contributed by atoms with E-state index in [-0.39, 0.29) is 17.6 Å². The van der Waals surface area contributed by atoms with E-state index < -0.39 is 0 Å². The van der Waals surface area contributed by atoms with Gasteiger partial charge in [0.1, 0.15) is 6.10 Å². The lowest BCUT2D eigenvalue weighted by atomic mass is 9.84. The van der Waals surface area contributed by atoms with Gasteiger partial charge in [-0.1, -0.05) is 33.6 Å². The molecule has 2 unspecified atom stereocenters. The fourth-order valence-electron chi connectivity index (χ4n) is 0.963. The predicted molar refractivity (Wildman–Crippen MR) is 57.5 cm³/mol. The average molecular weight is 182 g/mol. The number of terminal acetylenes is 1. The van der Waals surface area contributed by atoms with Crippen molar-refractivity contribution in [1.29, 1.82) is 0 Å². The van der Waals surface area contributed by atoms with Crippen molar-refractivity contribution in [3.8, 4) is 12.3 Å². The van der Waals surface area contributed by atoms with Crippen LogP contribution in [0.1, 0.15) is 47.5 Å². The van der Waals surface area contributed by atoms with Crippen molar-refractivity contribution in [3.05, 3.63) is 0 Å². The van der Waals surface area contributed by atoms with Crippen LogP contribution in [0.4, 0.5) is 0 Å². The molecule has 0 aliphatic heterocycles. The first-order chi connectivity index (χ1) is 5.97. The van der Waals surface area contributed by atoms with E-state index in [2.05, 4.69) is 40.5 Å². The van der Waals surface area contributed by atoms with Crippen molar-refractivity contribution in [2.24, 2.45) is 5.41 Å². The SMILES string of the molecule is C#CC(OC(C)CC)C(C)(C)CC. The molecule has 0 aromatic carbocycles. The molecule has 2 atom stereocenters. The molecule has 0 bridgehead atoms. The first-order valence-electron chi connectivity index (χ1n) is 5.09. The summed E-state index contributed by atoms with van der Waals surface area (Å²) in [6.45, 7) is 10.6. The standard InChI is InChI=1S/C12H22O/c1-7-10(4)13-11(8-2)12(5,6)9-3/h2,10-11H,7,9H2,1,3-6H3. The zero-order valence-electron chi connectivity index (χ0n) is 9.55. The molecule has 1 heteroatoms. The van der Waals surface area contributed by atoms with Gasteiger partial charge in [0.2, 0.25) is 0 Å². The van der Waals surface area contributed by atoms with Gasteiger partial charge in [-0.25, -0.2) is 0 Å². The van der Waals surface area contributed by atoms with E-state index in [1.54, 1.807) is 0 Å². The maximum atomic E-state index is 5.77. The second-order valence-corrected chi connectivity index (χ2v) is 4.24. The Balaban J connectivity index is 4.28. The summed E-state index contributed by atoms with van der Waals surface area (Å²) in [4.78, 5) is 0. The topological polar surface area (TPSA) is 9.23 Å². The fourth-order valence-corrected chi connectivity index (χ4v) is 0.963. The monoisotopic (exact) mass is 182 g/mol. The van der Waals surface area contributed by atoms with Crippen LogP contribution in [0.3, 0.4) is 0 Å². The van der Waals surface area contributed by atoms with Crippen LogP contribution in [0.5, 0.6) is 0 Å². The van der Waals surface area contributed by atoms with Gasteiger partial charge in [-0.2, -0.15) is 0 Å². The van der Waals surface area contributed by atoms with E-state index in [9.17, 15) is 0 Å². The Hall–Kier alpha value is -0.480. The van der Waals surface area contributed by atoms with Gasteiger partial charge >= 0.3 is 0 Å². The summed E-state index contributed by atoms with van der Waals surface area (Å²) in [6.07, 6.45) is 7.71. The molecule has 0 aromatic rings. The summed E-state index contributed by atoms with van der Waals surface area (Å²) in [5, 5.41) is 0. The summed E-state index contributed by atoms with van der Waals surface area (Å²) in [7, 11) is 0. The molecule has 0 saturated carbocycles. The van der Waals surface area contributed by atoms with Crippen LogP contribution in [0.15, 0.2) is 0 Å². The Labute approximate surface area is 82.9 Å². The first kappa shape index (κ1) is 12.5. The number of ether oxygens (including phenoxy) is 1. The second-order valence-electron chi connectivity index (χ2n) is 4.24. The first-order valence-corrected chi connectivity index (χ1v) is 5.09. The maximum Gasteiger partial charge on any atom is 0.123 e. The predicted octanol–water partition coefficient (Wildman–Crippen LogP) is 3.24. The van der Waals surface area contributed by atoms with E-state index in [1.165, 1.54) is 0 Å². The van der Waals surface area contributed by atoms with Crippen molar-refractivity contribution in [3.63, 3.8) is 0 Å². The number of hydrogen-bond donors (Lipinski definition) is 0. The lowest BCUT2D eigenvalue weighted by Gasteiger charge is -2.31. The van der Waals surface area contributed by atoms with Crippen LogP contribution < -0.4 is 0 Å². The number of hydrogen-bond acceptors (Lipinski definition) is 1. The van der Waals surface area contributed by atoms with E-state index in [4.69, 9.17) is 11.2 Å². The highest BCUT2D eigenvalue weighted by Gasteiger charge is 2.27. The minimum atomic E-state index is -0.0625. The lowest BCUT2D eigenvalue weighted by molar-refractivity contribution is -0.0338. The molecule has 0 fully saturated rings. The second kappa shape index (κ2) is 5.29. The van der Waals surface area contributed by atoms with Crippen molar-refractivity contribution in [2.45, 2.75) is 59.7 Å². The van der Waals surface area contributed by atoms with Crippen LogP contribution in [0.25, 0.3) is 0 Å². The average Bonchev–Trinajstić information content (AvgIpc) is 2.13. The Bertz CT molecular complexity index is 176. The van der Waals surface area contributed by atoms with Crippen molar-refractivity contribution in [2.75, 3.05) is 0 Å². The van der Waals surface area contributed by atoms with Gasteiger partial charge in [-0.05, 0) is 19.8 Å². The van der Waals surface area contributed by atoms with Gasteiger partial charge in [0, 0.05) is 5.41 Å². The van der Waals surface area contributed by atoms with Crippen molar-refractivity contribution >= 4 is 0 Å². The van der Waals surface area contributed by atoms with Gasteiger partial charge in [-0.3, -0.25) is 0 Å². The van der Waals surface area contributed by atoms with E-state index in [0.717, 1.165) is 12.8 Å². The summed E-state index contributed by atoms with van der Waals surface area (Å²) in [5.74, 6) is 2.74. The van der Waals surface area contributed by atoms with Crippen LogP contribution >= 0.6 is 0 Å². The summed E-state index contributed by atoms with van der Waals surface area (Å²) >= 11 is 0. The third kappa shape index (κ3) is 3.83. The van der Waals surface area contributed by atoms with Gasteiger partial charge in [0.25, 0.3) is 0 Å². The lowest BCUT2D eigenvalue weighted by Crippen LogP contribution is -2.32. The molecule has 0 radical (unpaired) electrons. The maximum absolute atomic E-state index is 5.77. The van der Waals surface area contributed by atoms with Crippen molar-refractivity contribution < 1.29 is 4.74 Å². The van der Waals surface area contributed by atoms with Crippen LogP contribution in [0, 0.1) is 17.8 Å². The molecular weight excluding hydrogens is 160 g/mol. The highest BCUT2D eigenvalue weighted by molar-refractivity contribution is 5.02. The highest BCUT2D eigenvalue weighted by atomic mass is 16.5. The van der Waals surface area contributed by atoms with Gasteiger partial charge < -0.3 is 4.74 Å². The van der Waals surface area contributed by atoms with Crippen LogP contribution in [0.2, 0.25) is 0 Å². The summed E-state index contributed by atoms with van der Waals surface area (Å²) < 4.78 is 5.77. The Morgan fingerprint density at radius 1 is 1.38 bits per heavy atom. The number of rotatable bonds is 5. The minimum absolute atomic E-state index is 0.0625. The molecule has 1 nitrogen and oxygen atoms in total. The molecule has 0 aliphatic rings. The molecule has 0 aliphatic carbocycles. The van der Waals surface area contributed by atoms with E-state index in [1.807, 2.05) is 0 Å². The summed E-state index contributed by atoms with van der Waals surface area (Å²) in [5.41, 5.74) is 0.0815. The molecule has 0 saturated heterocycles. The third-order valence-corrected chi connectivity index (χ3v) is 2.72. The van der Waals surface area contributed by atoms with Crippen LogP contribution in [-0.2, 0) is 4.74 Å². The molecule has 0 rings (SSSR count). The highest BCUT2D eigenvalue weighted by Crippen LogP contribution is 2.27. The van der Waals surface area contributed by atoms with Crippen LogP contribution in [-0.4, -0.2) is 12.2 Å². The summed E-state index contributed by atoms with van der Waals surface area (Å²) in [6, 6.07) is 0. The van der Waals surface area contributed by atoms with E-state index >= 15 is 0 Å². The Morgan fingerprint density at radius 2 is 1.92 bits per heavy atom. The van der Waals surface area contributed by atoms with E-state index in [0.29, 0.717) is 0 Å². The molecule has 0 heterocycles. The molecule has 76 valence electrons. The molecule has 0 N–H and O–H groups in total. The Kier molecular flexibility index (Phi) is 5.10. The molecular formula is C12H22O. The van der Waals surface area contributed by atoms with Crippen molar-refractivity contribution in [1.82, 2.24) is 0 Å². The largest absolute Gasteiger partial charge is 0.362 e. The minimum Gasteiger partial charge on any atom is -0.362 e. The third-order valence-electron chi connectivity index (χ3n) is 2.72. The zero-order chi connectivity index (χ0) is 10.5.